The number of fused-ring (bicyclic) bond motifs is 1. The first-order valence-electron chi connectivity index (χ1n) is 5.73. The van der Waals surface area contributed by atoms with Crippen molar-refractivity contribution in [2.45, 2.75) is 25.2 Å². The molecule has 1 saturated heterocycles. The molecule has 1 aromatic rings. The monoisotopic (exact) mass is 220 g/mol. The SMILES string of the molecule is OC1COC2CC12COCc1ccccc1. The zero-order valence-electron chi connectivity index (χ0n) is 9.13. The second-order valence-electron chi connectivity index (χ2n) is 4.75. The summed E-state index contributed by atoms with van der Waals surface area (Å²) < 4.78 is 11.1. The van der Waals surface area contributed by atoms with Crippen LogP contribution < -0.4 is 0 Å². The van der Waals surface area contributed by atoms with Crippen LogP contribution in [0.3, 0.4) is 0 Å². The van der Waals surface area contributed by atoms with Crippen molar-refractivity contribution in [1.29, 1.82) is 0 Å². The summed E-state index contributed by atoms with van der Waals surface area (Å²) in [5.41, 5.74) is 1.08. The molecule has 3 nitrogen and oxygen atoms in total. The van der Waals surface area contributed by atoms with E-state index in [1.165, 1.54) is 5.56 Å². The van der Waals surface area contributed by atoms with Crippen LogP contribution in [0.5, 0.6) is 0 Å². The Morgan fingerprint density at radius 3 is 2.81 bits per heavy atom. The summed E-state index contributed by atoms with van der Waals surface area (Å²) in [6.07, 6.45) is 0.842. The fourth-order valence-electron chi connectivity index (χ4n) is 2.42. The maximum atomic E-state index is 9.78. The van der Waals surface area contributed by atoms with Gasteiger partial charge in [-0.1, -0.05) is 30.3 Å². The van der Waals surface area contributed by atoms with E-state index in [0.717, 1.165) is 6.42 Å². The maximum Gasteiger partial charge on any atom is 0.0877 e. The minimum absolute atomic E-state index is 0.0885. The fraction of sp³-hybridized carbons (Fsp3) is 0.538. The standard InChI is InChI=1S/C13H16O3/c14-11-8-16-12-6-13(11,12)9-15-7-10-4-2-1-3-5-10/h1-5,11-12,14H,6-9H2. The summed E-state index contributed by atoms with van der Waals surface area (Å²) in [7, 11) is 0. The summed E-state index contributed by atoms with van der Waals surface area (Å²) in [5.74, 6) is 0. The lowest BCUT2D eigenvalue weighted by Crippen LogP contribution is -2.26. The van der Waals surface area contributed by atoms with Gasteiger partial charge in [-0.15, -0.1) is 0 Å². The molecule has 1 aromatic carbocycles. The van der Waals surface area contributed by atoms with E-state index in [1.807, 2.05) is 30.3 Å². The van der Waals surface area contributed by atoms with Gasteiger partial charge in [0.05, 0.1) is 37.4 Å². The lowest BCUT2D eigenvalue weighted by molar-refractivity contribution is 0.0170. The molecule has 0 bridgehead atoms. The molecule has 2 fully saturated rings. The first-order valence-corrected chi connectivity index (χ1v) is 5.73. The first kappa shape index (κ1) is 10.3. The van der Waals surface area contributed by atoms with Crippen molar-refractivity contribution >= 4 is 0 Å². The molecule has 86 valence electrons. The number of hydrogen-bond acceptors (Lipinski definition) is 3. The van der Waals surface area contributed by atoms with Crippen molar-refractivity contribution in [3.8, 4) is 0 Å². The summed E-state index contributed by atoms with van der Waals surface area (Å²) in [5, 5.41) is 9.78. The van der Waals surface area contributed by atoms with Crippen LogP contribution in [0.25, 0.3) is 0 Å². The van der Waals surface area contributed by atoms with Gasteiger partial charge in [0.2, 0.25) is 0 Å². The lowest BCUT2D eigenvalue weighted by atomic mass is 10.0. The number of aliphatic hydroxyl groups excluding tert-OH is 1. The molecule has 1 saturated carbocycles. The number of aliphatic hydroxyl groups is 1. The molecular formula is C13H16O3. The van der Waals surface area contributed by atoms with Crippen molar-refractivity contribution in [2.24, 2.45) is 5.41 Å². The molecule has 0 spiro atoms. The van der Waals surface area contributed by atoms with Gasteiger partial charge in [0.25, 0.3) is 0 Å². The summed E-state index contributed by atoms with van der Waals surface area (Å²) in [6, 6.07) is 10.1. The number of rotatable bonds is 4. The molecule has 0 aromatic heterocycles. The van der Waals surface area contributed by atoms with Crippen LogP contribution in [0.1, 0.15) is 12.0 Å². The van der Waals surface area contributed by atoms with Gasteiger partial charge in [-0.3, -0.25) is 0 Å². The highest BCUT2D eigenvalue weighted by atomic mass is 16.5. The number of ether oxygens (including phenoxy) is 2. The third-order valence-corrected chi connectivity index (χ3v) is 3.65. The molecule has 16 heavy (non-hydrogen) atoms. The van der Waals surface area contributed by atoms with Gasteiger partial charge in [-0.2, -0.15) is 0 Å². The largest absolute Gasteiger partial charge is 0.390 e. The van der Waals surface area contributed by atoms with Gasteiger partial charge in [0.1, 0.15) is 0 Å². The zero-order chi connectivity index (χ0) is 11.0. The van der Waals surface area contributed by atoms with Crippen LogP contribution in [0.4, 0.5) is 0 Å². The third kappa shape index (κ3) is 1.65. The van der Waals surface area contributed by atoms with Crippen LogP contribution in [-0.2, 0) is 16.1 Å². The molecule has 0 radical (unpaired) electrons. The normalized spacial score (nSPS) is 36.1. The Balaban J connectivity index is 1.51. The van der Waals surface area contributed by atoms with E-state index in [9.17, 15) is 5.11 Å². The molecule has 3 atom stereocenters. The maximum absolute atomic E-state index is 9.78. The van der Waals surface area contributed by atoms with Gasteiger partial charge in [0.15, 0.2) is 0 Å². The Labute approximate surface area is 95.0 Å². The molecule has 3 heteroatoms. The first-order chi connectivity index (χ1) is 7.81. The van der Waals surface area contributed by atoms with E-state index in [0.29, 0.717) is 19.8 Å². The number of benzene rings is 1. The third-order valence-electron chi connectivity index (χ3n) is 3.65. The van der Waals surface area contributed by atoms with Crippen LogP contribution in [-0.4, -0.2) is 30.5 Å². The molecule has 1 aliphatic heterocycles. The summed E-state index contributed by atoms with van der Waals surface area (Å²) in [6.45, 7) is 1.69. The summed E-state index contributed by atoms with van der Waals surface area (Å²) in [4.78, 5) is 0. The molecule has 1 heterocycles. The molecule has 1 aliphatic carbocycles. The lowest BCUT2D eigenvalue weighted by Gasteiger charge is -2.16. The van der Waals surface area contributed by atoms with Crippen LogP contribution in [0.15, 0.2) is 30.3 Å². The van der Waals surface area contributed by atoms with Crippen molar-refractivity contribution in [3.05, 3.63) is 35.9 Å². The minimum Gasteiger partial charge on any atom is -0.390 e. The van der Waals surface area contributed by atoms with Crippen LogP contribution >= 0.6 is 0 Å². The van der Waals surface area contributed by atoms with E-state index < -0.39 is 0 Å². The Morgan fingerprint density at radius 1 is 1.38 bits per heavy atom. The van der Waals surface area contributed by atoms with E-state index in [-0.39, 0.29) is 17.6 Å². The quantitative estimate of drug-likeness (QED) is 0.832. The Morgan fingerprint density at radius 2 is 2.19 bits per heavy atom. The van der Waals surface area contributed by atoms with Gasteiger partial charge < -0.3 is 14.6 Å². The summed E-state index contributed by atoms with van der Waals surface area (Å²) >= 11 is 0. The highest BCUT2D eigenvalue weighted by Crippen LogP contribution is 2.55. The smallest absolute Gasteiger partial charge is 0.0877 e. The predicted octanol–water partition coefficient (Wildman–Crippen LogP) is 1.35. The molecule has 3 unspecified atom stereocenters. The van der Waals surface area contributed by atoms with E-state index >= 15 is 0 Å². The molecule has 1 N–H and O–H groups in total. The van der Waals surface area contributed by atoms with Crippen molar-refractivity contribution in [3.63, 3.8) is 0 Å². The Kier molecular flexibility index (Phi) is 2.46. The fourth-order valence-corrected chi connectivity index (χ4v) is 2.42. The van der Waals surface area contributed by atoms with Crippen LogP contribution in [0, 0.1) is 5.41 Å². The minimum atomic E-state index is -0.340. The average Bonchev–Trinajstić information content (AvgIpc) is 2.95. The van der Waals surface area contributed by atoms with Gasteiger partial charge in [-0.25, -0.2) is 0 Å². The zero-order valence-corrected chi connectivity index (χ0v) is 9.13. The topological polar surface area (TPSA) is 38.7 Å². The molecular weight excluding hydrogens is 204 g/mol. The van der Waals surface area contributed by atoms with E-state index in [2.05, 4.69) is 0 Å². The highest BCUT2D eigenvalue weighted by molar-refractivity contribution is 5.15. The Bertz CT molecular complexity index is 365. The molecule has 0 amide bonds. The van der Waals surface area contributed by atoms with Gasteiger partial charge in [0, 0.05) is 0 Å². The van der Waals surface area contributed by atoms with Gasteiger partial charge in [-0.05, 0) is 12.0 Å². The van der Waals surface area contributed by atoms with E-state index in [1.54, 1.807) is 0 Å². The van der Waals surface area contributed by atoms with Gasteiger partial charge >= 0.3 is 0 Å². The predicted molar refractivity (Wildman–Crippen MR) is 58.9 cm³/mol. The van der Waals surface area contributed by atoms with Crippen LogP contribution in [0.2, 0.25) is 0 Å². The highest BCUT2D eigenvalue weighted by Gasteiger charge is 2.64. The van der Waals surface area contributed by atoms with Crippen molar-refractivity contribution in [1.82, 2.24) is 0 Å². The second-order valence-corrected chi connectivity index (χ2v) is 4.75. The second kappa shape index (κ2) is 3.84. The number of hydrogen-bond donors (Lipinski definition) is 1. The Hall–Kier alpha value is -0.900. The molecule has 2 aliphatic rings. The molecule has 3 rings (SSSR count). The van der Waals surface area contributed by atoms with E-state index in [4.69, 9.17) is 9.47 Å². The van der Waals surface area contributed by atoms with Crippen molar-refractivity contribution < 1.29 is 14.6 Å². The van der Waals surface area contributed by atoms with Crippen molar-refractivity contribution in [2.75, 3.05) is 13.2 Å². The average molecular weight is 220 g/mol.